The number of carboxylic acid groups (broad SMARTS) is 1. The Kier molecular flexibility index (Phi) is 10.0. The molecule has 0 radical (unpaired) electrons. The van der Waals surface area contributed by atoms with Gasteiger partial charge in [-0.05, 0) is 123 Å². The van der Waals surface area contributed by atoms with Crippen LogP contribution in [0.3, 0.4) is 0 Å². The average Bonchev–Trinajstić information content (AvgIpc) is 3.79. The van der Waals surface area contributed by atoms with Crippen molar-refractivity contribution in [2.75, 3.05) is 19.7 Å². The maximum absolute atomic E-state index is 13.9. The standard InChI is InChI=1S/C39H43ClN4O4/c1-24-18-29(19-25(2)37(24)40)48-17-9-14-31-30-12-8-13-32(36-26(3)43(4)42-35(36)23-44-15-5-6-16-44)33(30)21-34(31)38(45)41-22-27-10-7-11-28(20-27)39(46)47/h7-8,10-13,18-20H,5-6,9,14-17,21-23H2,1-4H3,(H,41,45)(H,46,47). The highest BCUT2D eigenvalue weighted by molar-refractivity contribution is 6.32. The topological polar surface area (TPSA) is 96.7 Å². The van der Waals surface area contributed by atoms with E-state index in [4.69, 9.17) is 21.4 Å². The van der Waals surface area contributed by atoms with Crippen LogP contribution in [0.2, 0.25) is 5.02 Å². The van der Waals surface area contributed by atoms with Crippen molar-refractivity contribution in [3.8, 4) is 16.9 Å². The van der Waals surface area contributed by atoms with Crippen molar-refractivity contribution in [3.05, 3.63) is 110 Å². The number of aromatic nitrogens is 2. The molecule has 2 heterocycles. The molecular formula is C39H43ClN4O4. The van der Waals surface area contributed by atoms with E-state index in [0.29, 0.717) is 19.4 Å². The van der Waals surface area contributed by atoms with Crippen LogP contribution in [0.1, 0.15) is 75.2 Å². The number of benzene rings is 3. The zero-order valence-electron chi connectivity index (χ0n) is 28.2. The molecule has 8 nitrogen and oxygen atoms in total. The molecule has 6 rings (SSSR count). The largest absolute Gasteiger partial charge is 0.494 e. The Balaban J connectivity index is 1.28. The maximum Gasteiger partial charge on any atom is 0.335 e. The van der Waals surface area contributed by atoms with Gasteiger partial charge in [-0.3, -0.25) is 14.4 Å². The molecule has 48 heavy (non-hydrogen) atoms. The van der Waals surface area contributed by atoms with Gasteiger partial charge < -0.3 is 15.2 Å². The van der Waals surface area contributed by atoms with Crippen LogP contribution < -0.4 is 10.1 Å². The molecule has 1 fully saturated rings. The van der Waals surface area contributed by atoms with Crippen molar-refractivity contribution in [2.45, 2.75) is 66.0 Å². The van der Waals surface area contributed by atoms with Gasteiger partial charge in [0.25, 0.3) is 0 Å². The van der Waals surface area contributed by atoms with Gasteiger partial charge in [-0.15, -0.1) is 0 Å². The zero-order chi connectivity index (χ0) is 33.9. The number of halogens is 1. The highest BCUT2D eigenvalue weighted by Gasteiger charge is 2.30. The number of allylic oxidation sites excluding steroid dienone is 1. The molecular weight excluding hydrogens is 624 g/mol. The van der Waals surface area contributed by atoms with Crippen LogP contribution in [0.5, 0.6) is 5.75 Å². The predicted molar refractivity (Wildman–Crippen MR) is 189 cm³/mol. The summed E-state index contributed by atoms with van der Waals surface area (Å²) >= 11 is 6.36. The Morgan fingerprint density at radius 3 is 2.44 bits per heavy atom. The van der Waals surface area contributed by atoms with Gasteiger partial charge in [-0.1, -0.05) is 41.9 Å². The molecule has 1 amide bonds. The second-order valence-electron chi connectivity index (χ2n) is 13.0. The number of likely N-dealkylation sites (tertiary alicyclic amines) is 1. The first-order valence-electron chi connectivity index (χ1n) is 16.7. The third kappa shape index (κ3) is 7.05. The van der Waals surface area contributed by atoms with E-state index < -0.39 is 5.97 Å². The molecule has 0 spiro atoms. The fourth-order valence-electron chi connectivity index (χ4n) is 7.07. The number of ether oxygens (including phenoxy) is 1. The fraction of sp³-hybridized carbons (Fsp3) is 0.359. The molecule has 3 aromatic carbocycles. The summed E-state index contributed by atoms with van der Waals surface area (Å²) in [7, 11) is 2.00. The number of nitrogens with one attached hydrogen (secondary N) is 1. The molecule has 0 unspecified atom stereocenters. The summed E-state index contributed by atoms with van der Waals surface area (Å²) in [6.45, 7) is 9.79. The van der Waals surface area contributed by atoms with Crippen molar-refractivity contribution in [3.63, 3.8) is 0 Å². The summed E-state index contributed by atoms with van der Waals surface area (Å²) in [6.07, 6.45) is 4.34. The SMILES string of the molecule is Cc1cc(OCCCC2=C(C(=O)NCc3cccc(C(=O)O)c3)Cc3c2cccc3-c2c(CN3CCCC3)nn(C)c2C)cc(C)c1Cl. The minimum absolute atomic E-state index is 0.141. The highest BCUT2D eigenvalue weighted by atomic mass is 35.5. The van der Waals surface area contributed by atoms with Crippen LogP contribution in [0, 0.1) is 20.8 Å². The molecule has 1 saturated heterocycles. The van der Waals surface area contributed by atoms with E-state index in [1.54, 1.807) is 18.2 Å². The number of hydrogen-bond acceptors (Lipinski definition) is 5. The fourth-order valence-corrected chi connectivity index (χ4v) is 7.17. The monoisotopic (exact) mass is 666 g/mol. The van der Waals surface area contributed by atoms with E-state index in [-0.39, 0.29) is 18.0 Å². The van der Waals surface area contributed by atoms with Crippen LogP contribution in [0.15, 0.2) is 60.2 Å². The summed E-state index contributed by atoms with van der Waals surface area (Å²) < 4.78 is 8.12. The molecule has 4 aromatic rings. The Bertz CT molecular complexity index is 1880. The van der Waals surface area contributed by atoms with E-state index in [1.165, 1.54) is 12.8 Å². The normalized spacial score (nSPS) is 14.4. The van der Waals surface area contributed by atoms with Crippen LogP contribution in [-0.2, 0) is 31.4 Å². The predicted octanol–water partition coefficient (Wildman–Crippen LogP) is 7.45. The van der Waals surface area contributed by atoms with Crippen molar-refractivity contribution in [1.82, 2.24) is 20.0 Å². The lowest BCUT2D eigenvalue weighted by Crippen LogP contribution is -2.25. The van der Waals surface area contributed by atoms with Crippen molar-refractivity contribution in [2.24, 2.45) is 7.05 Å². The molecule has 0 atom stereocenters. The summed E-state index contributed by atoms with van der Waals surface area (Å²) in [5.41, 5.74) is 11.4. The van der Waals surface area contributed by atoms with Gasteiger partial charge >= 0.3 is 5.97 Å². The van der Waals surface area contributed by atoms with Gasteiger partial charge in [0.1, 0.15) is 5.75 Å². The van der Waals surface area contributed by atoms with E-state index in [0.717, 1.165) is 98.3 Å². The number of amides is 1. The number of hydrogen-bond donors (Lipinski definition) is 2. The van der Waals surface area contributed by atoms with Crippen molar-refractivity contribution >= 4 is 29.1 Å². The van der Waals surface area contributed by atoms with Gasteiger partial charge in [0.15, 0.2) is 0 Å². The average molecular weight is 667 g/mol. The molecule has 9 heteroatoms. The Labute approximate surface area is 287 Å². The lowest BCUT2D eigenvalue weighted by Gasteiger charge is -2.16. The molecule has 1 aliphatic carbocycles. The molecule has 0 bridgehead atoms. The third-order valence-electron chi connectivity index (χ3n) is 9.62. The zero-order valence-corrected chi connectivity index (χ0v) is 28.9. The summed E-state index contributed by atoms with van der Waals surface area (Å²) in [6, 6.07) is 17.0. The number of carbonyl (C=O) groups is 2. The van der Waals surface area contributed by atoms with Gasteiger partial charge in [-0.25, -0.2) is 4.79 Å². The number of fused-ring (bicyclic) bond motifs is 1. The lowest BCUT2D eigenvalue weighted by molar-refractivity contribution is -0.117. The molecule has 0 saturated carbocycles. The Hall–Kier alpha value is -4.40. The van der Waals surface area contributed by atoms with E-state index in [1.807, 2.05) is 43.8 Å². The molecule has 1 aliphatic heterocycles. The minimum atomic E-state index is -0.993. The van der Waals surface area contributed by atoms with Crippen LogP contribution in [0.4, 0.5) is 0 Å². The smallest absolute Gasteiger partial charge is 0.335 e. The minimum Gasteiger partial charge on any atom is -0.494 e. The van der Waals surface area contributed by atoms with Crippen LogP contribution >= 0.6 is 11.6 Å². The number of nitrogens with zero attached hydrogens (tertiary/aromatic N) is 3. The molecule has 2 aliphatic rings. The Morgan fingerprint density at radius 1 is 1.00 bits per heavy atom. The lowest BCUT2D eigenvalue weighted by atomic mass is 9.92. The maximum atomic E-state index is 13.9. The molecule has 1 aromatic heterocycles. The van der Waals surface area contributed by atoms with E-state index >= 15 is 0 Å². The Morgan fingerprint density at radius 2 is 1.71 bits per heavy atom. The van der Waals surface area contributed by atoms with Crippen LogP contribution in [-0.4, -0.2) is 51.4 Å². The number of rotatable bonds is 12. The first kappa shape index (κ1) is 33.5. The van der Waals surface area contributed by atoms with Gasteiger partial charge in [0, 0.05) is 48.4 Å². The number of aromatic carboxylic acids is 1. The highest BCUT2D eigenvalue weighted by Crippen LogP contribution is 2.43. The first-order valence-corrected chi connectivity index (χ1v) is 17.1. The molecule has 250 valence electrons. The van der Waals surface area contributed by atoms with Crippen molar-refractivity contribution < 1.29 is 19.4 Å². The number of aryl methyl sites for hydroxylation is 3. The number of carbonyl (C=O) groups excluding carboxylic acids is 1. The van der Waals surface area contributed by atoms with Gasteiger partial charge in [-0.2, -0.15) is 5.10 Å². The summed E-state index contributed by atoms with van der Waals surface area (Å²) in [4.78, 5) is 27.9. The second kappa shape index (κ2) is 14.4. The molecule has 2 N–H and O–H groups in total. The van der Waals surface area contributed by atoms with Crippen molar-refractivity contribution in [1.29, 1.82) is 0 Å². The summed E-state index contributed by atoms with van der Waals surface area (Å²) in [5, 5.41) is 18.2. The third-order valence-corrected chi connectivity index (χ3v) is 10.2. The number of carboxylic acids is 1. The van der Waals surface area contributed by atoms with E-state index in [2.05, 4.69) is 35.3 Å². The van der Waals surface area contributed by atoms with Crippen LogP contribution in [0.25, 0.3) is 16.7 Å². The quantitative estimate of drug-likeness (QED) is 0.153. The van der Waals surface area contributed by atoms with Gasteiger partial charge in [0.05, 0.1) is 17.9 Å². The van der Waals surface area contributed by atoms with Gasteiger partial charge in [0.2, 0.25) is 5.91 Å². The van der Waals surface area contributed by atoms with E-state index in [9.17, 15) is 14.7 Å². The first-order chi connectivity index (χ1) is 23.1. The summed E-state index contributed by atoms with van der Waals surface area (Å²) in [5.74, 6) is -0.345. The second-order valence-corrected chi connectivity index (χ2v) is 13.4.